The number of rotatable bonds is 5. The average molecular weight is 228 g/mol. The molecule has 0 bridgehead atoms. The van der Waals surface area contributed by atoms with Gasteiger partial charge in [-0.25, -0.2) is 0 Å². The van der Waals surface area contributed by atoms with Gasteiger partial charge in [-0.05, 0) is 30.9 Å². The van der Waals surface area contributed by atoms with E-state index in [1.165, 1.54) is 0 Å². The van der Waals surface area contributed by atoms with E-state index in [0.717, 1.165) is 31.2 Å². The molecule has 0 aliphatic heterocycles. The van der Waals surface area contributed by atoms with Gasteiger partial charge in [-0.3, -0.25) is 4.79 Å². The lowest BCUT2D eigenvalue weighted by Gasteiger charge is -2.08. The summed E-state index contributed by atoms with van der Waals surface area (Å²) in [6.45, 7) is 4.20. The normalized spacial score (nSPS) is 11.4. The Morgan fingerprint density at radius 1 is 1.24 bits per heavy atom. The Hall–Kier alpha value is -1.55. The van der Waals surface area contributed by atoms with Gasteiger partial charge in [0, 0.05) is 11.5 Å². The summed E-state index contributed by atoms with van der Waals surface area (Å²) in [5, 5.41) is 0. The maximum absolute atomic E-state index is 11.9. The van der Waals surface area contributed by atoms with Gasteiger partial charge in [0.25, 0.3) is 0 Å². The van der Waals surface area contributed by atoms with Crippen molar-refractivity contribution < 1.29 is 4.79 Å². The Labute approximate surface area is 104 Å². The van der Waals surface area contributed by atoms with Crippen molar-refractivity contribution in [3.63, 3.8) is 0 Å². The Morgan fingerprint density at radius 3 is 2.53 bits per heavy atom. The molecule has 1 nitrogen and oxygen atoms in total. The van der Waals surface area contributed by atoms with Crippen LogP contribution in [0.5, 0.6) is 0 Å². The number of Topliss-reactive ketones (excluding diaryl/α,β-unsaturated/α-hetero) is 1. The molecule has 90 valence electrons. The third-order valence-corrected chi connectivity index (χ3v) is 2.87. The second-order valence-electron chi connectivity index (χ2n) is 4.23. The monoisotopic (exact) mass is 228 g/mol. The zero-order valence-electron chi connectivity index (χ0n) is 10.7. The van der Waals surface area contributed by atoms with Gasteiger partial charge in [0.15, 0.2) is 0 Å². The van der Waals surface area contributed by atoms with Gasteiger partial charge >= 0.3 is 0 Å². The third kappa shape index (κ3) is 4.87. The lowest BCUT2D eigenvalue weighted by Crippen LogP contribution is -2.11. The van der Waals surface area contributed by atoms with E-state index >= 15 is 0 Å². The Kier molecular flexibility index (Phi) is 6.10. The Bertz CT molecular complexity index is 395. The molecule has 0 aliphatic carbocycles. The molecule has 0 spiro atoms. The van der Waals surface area contributed by atoms with Gasteiger partial charge in [-0.2, -0.15) is 0 Å². The first kappa shape index (κ1) is 13.5. The van der Waals surface area contributed by atoms with Crippen molar-refractivity contribution in [2.24, 2.45) is 5.92 Å². The molecule has 0 aromatic heterocycles. The molecule has 0 saturated heterocycles. The van der Waals surface area contributed by atoms with E-state index in [0.29, 0.717) is 0 Å². The molecule has 0 aliphatic rings. The number of ketones is 1. The largest absolute Gasteiger partial charge is 0.285 e. The van der Waals surface area contributed by atoms with Crippen molar-refractivity contribution >= 4 is 5.78 Å². The van der Waals surface area contributed by atoms with Crippen LogP contribution in [-0.2, 0) is 4.79 Å². The molecule has 1 rings (SSSR count). The van der Waals surface area contributed by atoms with Gasteiger partial charge in [0.2, 0.25) is 5.78 Å². The Balaban J connectivity index is 2.61. The summed E-state index contributed by atoms with van der Waals surface area (Å²) in [5.41, 5.74) is 0.909. The summed E-state index contributed by atoms with van der Waals surface area (Å²) < 4.78 is 0. The van der Waals surface area contributed by atoms with Crippen LogP contribution in [0, 0.1) is 17.8 Å². The highest BCUT2D eigenvalue weighted by atomic mass is 16.1. The number of carbonyl (C=O) groups is 1. The third-order valence-electron chi connectivity index (χ3n) is 2.87. The van der Waals surface area contributed by atoms with Gasteiger partial charge in [-0.1, -0.05) is 50.8 Å². The first-order valence-corrected chi connectivity index (χ1v) is 6.38. The van der Waals surface area contributed by atoms with E-state index in [2.05, 4.69) is 25.7 Å². The summed E-state index contributed by atoms with van der Waals surface area (Å²) in [7, 11) is 0. The maximum Gasteiger partial charge on any atom is 0.208 e. The second-order valence-corrected chi connectivity index (χ2v) is 4.23. The van der Waals surface area contributed by atoms with Gasteiger partial charge in [0.05, 0.1) is 0 Å². The molecule has 0 radical (unpaired) electrons. The van der Waals surface area contributed by atoms with Crippen LogP contribution in [0.1, 0.15) is 45.1 Å². The van der Waals surface area contributed by atoms with Gasteiger partial charge in [0.1, 0.15) is 0 Å². The van der Waals surface area contributed by atoms with Crippen LogP contribution < -0.4 is 0 Å². The molecule has 17 heavy (non-hydrogen) atoms. The SMILES string of the molecule is CCCCC(CC)C(=O)C#Cc1ccccc1. The van der Waals surface area contributed by atoms with E-state index in [9.17, 15) is 4.79 Å². The summed E-state index contributed by atoms with van der Waals surface area (Å²) in [4.78, 5) is 11.9. The molecule has 1 heteroatoms. The minimum atomic E-state index is 0.0878. The van der Waals surface area contributed by atoms with Crippen LogP contribution in [0.2, 0.25) is 0 Å². The summed E-state index contributed by atoms with van der Waals surface area (Å²) in [5.74, 6) is 5.91. The number of carbonyl (C=O) groups excluding carboxylic acids is 1. The van der Waals surface area contributed by atoms with Crippen LogP contribution in [0.15, 0.2) is 30.3 Å². The average Bonchev–Trinajstić information content (AvgIpc) is 2.38. The fourth-order valence-electron chi connectivity index (χ4n) is 1.73. The zero-order chi connectivity index (χ0) is 12.5. The molecule has 0 fully saturated rings. The van der Waals surface area contributed by atoms with Gasteiger partial charge in [-0.15, -0.1) is 0 Å². The highest BCUT2D eigenvalue weighted by Gasteiger charge is 2.12. The number of hydrogen-bond acceptors (Lipinski definition) is 1. The van der Waals surface area contributed by atoms with Crippen molar-refractivity contribution in [2.45, 2.75) is 39.5 Å². The quantitative estimate of drug-likeness (QED) is 0.700. The minimum Gasteiger partial charge on any atom is -0.285 e. The van der Waals surface area contributed by atoms with Crippen LogP contribution in [0.3, 0.4) is 0 Å². The zero-order valence-corrected chi connectivity index (χ0v) is 10.7. The topological polar surface area (TPSA) is 17.1 Å². The van der Waals surface area contributed by atoms with Crippen LogP contribution in [-0.4, -0.2) is 5.78 Å². The first-order valence-electron chi connectivity index (χ1n) is 6.38. The predicted molar refractivity (Wildman–Crippen MR) is 71.6 cm³/mol. The lowest BCUT2D eigenvalue weighted by atomic mass is 9.95. The van der Waals surface area contributed by atoms with Crippen molar-refractivity contribution in [3.8, 4) is 11.8 Å². The fraction of sp³-hybridized carbons (Fsp3) is 0.438. The first-order chi connectivity index (χ1) is 8.27. The van der Waals surface area contributed by atoms with Crippen molar-refractivity contribution in [2.75, 3.05) is 0 Å². The molecule has 0 heterocycles. The molecule has 1 unspecified atom stereocenters. The standard InChI is InChI=1S/C16H20O/c1-3-5-11-15(4-2)16(17)13-12-14-9-7-6-8-10-14/h6-10,15H,3-5,11H2,1-2H3. The molecule has 0 amide bonds. The van der Waals surface area contributed by atoms with E-state index in [-0.39, 0.29) is 11.7 Å². The van der Waals surface area contributed by atoms with Crippen LogP contribution in [0.4, 0.5) is 0 Å². The molecule has 1 aromatic rings. The summed E-state index contributed by atoms with van der Waals surface area (Å²) in [6.07, 6.45) is 4.10. The molecule has 0 saturated carbocycles. The van der Waals surface area contributed by atoms with Crippen molar-refractivity contribution in [1.82, 2.24) is 0 Å². The summed E-state index contributed by atoms with van der Waals surface area (Å²) in [6, 6.07) is 9.66. The number of hydrogen-bond donors (Lipinski definition) is 0. The van der Waals surface area contributed by atoms with Crippen LogP contribution >= 0.6 is 0 Å². The van der Waals surface area contributed by atoms with E-state index < -0.39 is 0 Å². The van der Waals surface area contributed by atoms with Gasteiger partial charge < -0.3 is 0 Å². The number of benzene rings is 1. The molecule has 0 N–H and O–H groups in total. The lowest BCUT2D eigenvalue weighted by molar-refractivity contribution is -0.117. The molecule has 1 atom stereocenters. The van der Waals surface area contributed by atoms with E-state index in [1.54, 1.807) is 0 Å². The second kappa shape index (κ2) is 7.68. The van der Waals surface area contributed by atoms with E-state index in [4.69, 9.17) is 0 Å². The smallest absolute Gasteiger partial charge is 0.208 e. The van der Waals surface area contributed by atoms with Crippen molar-refractivity contribution in [3.05, 3.63) is 35.9 Å². The molecular weight excluding hydrogens is 208 g/mol. The summed E-state index contributed by atoms with van der Waals surface area (Å²) >= 11 is 0. The van der Waals surface area contributed by atoms with Crippen molar-refractivity contribution in [1.29, 1.82) is 0 Å². The number of unbranched alkanes of at least 4 members (excludes halogenated alkanes) is 1. The fourth-order valence-corrected chi connectivity index (χ4v) is 1.73. The minimum absolute atomic E-state index is 0.0878. The van der Waals surface area contributed by atoms with Crippen LogP contribution in [0.25, 0.3) is 0 Å². The highest BCUT2D eigenvalue weighted by Crippen LogP contribution is 2.13. The molecule has 1 aromatic carbocycles. The Morgan fingerprint density at radius 2 is 1.94 bits per heavy atom. The maximum atomic E-state index is 11.9. The molecular formula is C16H20O. The van der Waals surface area contributed by atoms with E-state index in [1.807, 2.05) is 30.3 Å². The highest BCUT2D eigenvalue weighted by molar-refractivity contribution is 5.97. The predicted octanol–water partition coefficient (Wildman–Crippen LogP) is 3.82.